The van der Waals surface area contributed by atoms with Crippen LogP contribution in [0.25, 0.3) is 89.5 Å². The van der Waals surface area contributed by atoms with Crippen LogP contribution in [0.3, 0.4) is 0 Å². The quantitative estimate of drug-likeness (QED) is 0.183. The lowest BCUT2D eigenvalue weighted by atomic mass is 9.96. The lowest BCUT2D eigenvalue weighted by Gasteiger charge is -2.09. The van der Waals surface area contributed by atoms with Gasteiger partial charge in [-0.3, -0.25) is 0 Å². The molecule has 0 unspecified atom stereocenters. The normalized spacial score (nSPS) is 12.7. The van der Waals surface area contributed by atoms with Crippen LogP contribution in [-0.2, 0) is 0 Å². The van der Waals surface area contributed by atoms with E-state index in [1.807, 2.05) is 121 Å². The van der Waals surface area contributed by atoms with E-state index in [9.17, 15) is 0 Å². The highest BCUT2D eigenvalue weighted by Gasteiger charge is 2.18. The van der Waals surface area contributed by atoms with Gasteiger partial charge in [-0.1, -0.05) is 152 Å². The van der Waals surface area contributed by atoms with Crippen LogP contribution in [0.5, 0.6) is 0 Å². The summed E-state index contributed by atoms with van der Waals surface area (Å²) in [5.41, 5.74) is 8.68. The maximum atomic E-state index is 8.43. The fourth-order valence-corrected chi connectivity index (χ4v) is 6.23. The highest BCUT2D eigenvalue weighted by atomic mass is 16.3. The standard InChI is InChI=1S/C45H29N3O/c1-4-12-30(13-5-1)35-18-10-19-36(28-35)31-22-24-32(25-23-31)37-26-27-40-39(29-37)42-38(20-11-21-41(42)49-40)45-47-43(33-14-6-2-7-15-33)46-44(48-45)34-16-8-3-9-17-34/h1-29H/i1D,4D,5D,12D,13D. The molecule has 230 valence electrons. The van der Waals surface area contributed by atoms with Crippen molar-refractivity contribution < 1.29 is 11.3 Å². The van der Waals surface area contributed by atoms with E-state index in [-0.39, 0.29) is 29.7 Å². The predicted octanol–water partition coefficient (Wildman–Crippen LogP) is 11.8. The Bertz CT molecular complexity index is 2790. The summed E-state index contributed by atoms with van der Waals surface area (Å²) in [6.07, 6.45) is 0. The first-order chi connectivity index (χ1) is 26.3. The van der Waals surface area contributed by atoms with E-state index in [0.717, 1.165) is 60.9 Å². The van der Waals surface area contributed by atoms with Crippen molar-refractivity contribution in [2.24, 2.45) is 0 Å². The predicted molar refractivity (Wildman–Crippen MR) is 200 cm³/mol. The number of rotatable bonds is 6. The zero-order valence-corrected chi connectivity index (χ0v) is 26.1. The number of hydrogen-bond donors (Lipinski definition) is 0. The van der Waals surface area contributed by atoms with Crippen LogP contribution in [-0.4, -0.2) is 15.0 Å². The lowest BCUT2D eigenvalue weighted by Crippen LogP contribution is -2.00. The minimum atomic E-state index is -0.404. The molecule has 2 aromatic heterocycles. The second-order valence-corrected chi connectivity index (χ2v) is 11.7. The maximum Gasteiger partial charge on any atom is 0.164 e. The Labute approximate surface area is 291 Å². The molecule has 0 saturated carbocycles. The second-order valence-electron chi connectivity index (χ2n) is 11.7. The summed E-state index contributed by atoms with van der Waals surface area (Å²) >= 11 is 0. The lowest BCUT2D eigenvalue weighted by molar-refractivity contribution is 0.669. The summed E-state index contributed by atoms with van der Waals surface area (Å²) in [5, 5.41) is 1.86. The van der Waals surface area contributed by atoms with Gasteiger partial charge in [0.05, 0.1) is 6.85 Å². The van der Waals surface area contributed by atoms with Crippen molar-refractivity contribution in [2.45, 2.75) is 0 Å². The summed E-state index contributed by atoms with van der Waals surface area (Å²) in [7, 11) is 0. The molecule has 0 fully saturated rings. The highest BCUT2D eigenvalue weighted by molar-refractivity contribution is 6.12. The Hall–Kier alpha value is -6.65. The molecule has 0 saturated heterocycles. The molecule has 0 N–H and O–H groups in total. The van der Waals surface area contributed by atoms with E-state index in [2.05, 4.69) is 18.2 Å². The van der Waals surface area contributed by atoms with Gasteiger partial charge in [0.15, 0.2) is 17.5 Å². The van der Waals surface area contributed by atoms with Crippen molar-refractivity contribution in [1.82, 2.24) is 15.0 Å². The number of aromatic nitrogens is 3. The number of benzene rings is 7. The van der Waals surface area contributed by atoms with Gasteiger partial charge in [0.1, 0.15) is 11.2 Å². The van der Waals surface area contributed by atoms with Crippen molar-refractivity contribution in [3.8, 4) is 67.5 Å². The average molecular weight is 633 g/mol. The number of furan rings is 1. The minimum Gasteiger partial charge on any atom is -0.456 e. The molecule has 0 radical (unpaired) electrons. The van der Waals surface area contributed by atoms with Crippen LogP contribution in [0.15, 0.2) is 180 Å². The Balaban J connectivity index is 1.11. The first kappa shape index (κ1) is 23.6. The molecule has 0 spiro atoms. The Kier molecular flexibility index (Phi) is 5.87. The molecule has 0 aliphatic carbocycles. The third-order valence-electron chi connectivity index (χ3n) is 8.64. The summed E-state index contributed by atoms with van der Waals surface area (Å²) < 4.78 is 47.4. The Morgan fingerprint density at radius 2 is 0.918 bits per heavy atom. The fraction of sp³-hybridized carbons (Fsp3) is 0. The van der Waals surface area contributed by atoms with E-state index < -0.39 is 6.04 Å². The van der Waals surface area contributed by atoms with Crippen LogP contribution in [0.2, 0.25) is 0 Å². The molecule has 9 rings (SSSR count). The third-order valence-corrected chi connectivity index (χ3v) is 8.64. The molecule has 49 heavy (non-hydrogen) atoms. The van der Waals surface area contributed by atoms with Gasteiger partial charge in [-0.25, -0.2) is 15.0 Å². The van der Waals surface area contributed by atoms with Gasteiger partial charge in [-0.2, -0.15) is 0 Å². The number of hydrogen-bond acceptors (Lipinski definition) is 4. The third kappa shape index (κ3) is 5.45. The van der Waals surface area contributed by atoms with Crippen molar-refractivity contribution >= 4 is 21.9 Å². The van der Waals surface area contributed by atoms with Crippen LogP contribution in [0.4, 0.5) is 0 Å². The SMILES string of the molecule is [2H]c1c([2H])c([2H])c(-c2cccc(-c3ccc(-c4ccc5oc6cccc(-c7nc(-c8ccccc8)nc(-c8ccccc8)n7)c6c5c4)cc3)c2)c([2H])c1[2H]. The molecule has 0 aliphatic rings. The zero-order chi connectivity index (χ0) is 36.9. The number of fused-ring (bicyclic) bond motifs is 3. The molecule has 2 heterocycles. The van der Waals surface area contributed by atoms with Gasteiger partial charge >= 0.3 is 0 Å². The maximum absolute atomic E-state index is 8.43. The van der Waals surface area contributed by atoms with E-state index in [1.54, 1.807) is 6.07 Å². The topological polar surface area (TPSA) is 51.8 Å². The molecule has 0 aliphatic heterocycles. The molecular formula is C45H29N3O. The van der Waals surface area contributed by atoms with Gasteiger partial charge in [0, 0.05) is 27.5 Å². The molecular weight excluding hydrogens is 599 g/mol. The van der Waals surface area contributed by atoms with Crippen LogP contribution in [0.1, 0.15) is 6.85 Å². The Morgan fingerprint density at radius 1 is 0.388 bits per heavy atom. The van der Waals surface area contributed by atoms with Gasteiger partial charge in [-0.15, -0.1) is 0 Å². The zero-order valence-electron chi connectivity index (χ0n) is 31.1. The summed E-state index contributed by atoms with van der Waals surface area (Å²) in [6.45, 7) is 0. The van der Waals surface area contributed by atoms with Crippen molar-refractivity contribution in [1.29, 1.82) is 0 Å². The monoisotopic (exact) mass is 632 g/mol. The number of nitrogens with zero attached hydrogens (tertiary/aromatic N) is 3. The van der Waals surface area contributed by atoms with Gasteiger partial charge in [-0.05, 0) is 57.6 Å². The molecule has 0 amide bonds. The first-order valence-electron chi connectivity index (χ1n) is 18.4. The summed E-state index contributed by atoms with van der Waals surface area (Å²) in [6, 6.07) is 46.0. The van der Waals surface area contributed by atoms with Crippen LogP contribution in [0, 0.1) is 0 Å². The van der Waals surface area contributed by atoms with Gasteiger partial charge < -0.3 is 4.42 Å². The molecule has 9 aromatic rings. The summed E-state index contributed by atoms with van der Waals surface area (Å²) in [4.78, 5) is 14.8. The largest absolute Gasteiger partial charge is 0.456 e. The second kappa shape index (κ2) is 12.2. The molecule has 7 aromatic carbocycles. The molecule has 4 nitrogen and oxygen atoms in total. The molecule has 0 bridgehead atoms. The summed E-state index contributed by atoms with van der Waals surface area (Å²) in [5.74, 6) is 1.73. The average Bonchev–Trinajstić information content (AvgIpc) is 3.61. The van der Waals surface area contributed by atoms with Crippen molar-refractivity contribution in [3.05, 3.63) is 176 Å². The van der Waals surface area contributed by atoms with E-state index in [1.165, 1.54) is 0 Å². The minimum absolute atomic E-state index is 0.184. The van der Waals surface area contributed by atoms with Crippen LogP contribution >= 0.6 is 0 Å². The van der Waals surface area contributed by atoms with Gasteiger partial charge in [0.2, 0.25) is 0 Å². The van der Waals surface area contributed by atoms with E-state index >= 15 is 0 Å². The smallest absolute Gasteiger partial charge is 0.164 e. The van der Waals surface area contributed by atoms with Crippen LogP contribution < -0.4 is 0 Å². The van der Waals surface area contributed by atoms with Gasteiger partial charge in [0.25, 0.3) is 0 Å². The van der Waals surface area contributed by atoms with E-state index in [4.69, 9.17) is 26.2 Å². The van der Waals surface area contributed by atoms with E-state index in [0.29, 0.717) is 23.0 Å². The first-order valence-corrected chi connectivity index (χ1v) is 15.9. The Morgan fingerprint density at radius 3 is 1.57 bits per heavy atom. The molecule has 4 heteroatoms. The van der Waals surface area contributed by atoms with Crippen molar-refractivity contribution in [3.63, 3.8) is 0 Å². The fourth-order valence-electron chi connectivity index (χ4n) is 6.23. The molecule has 0 atom stereocenters. The van der Waals surface area contributed by atoms with Crippen molar-refractivity contribution in [2.75, 3.05) is 0 Å². The highest BCUT2D eigenvalue weighted by Crippen LogP contribution is 2.39.